The number of hydrogen-bond donors (Lipinski definition) is 0. The van der Waals surface area contributed by atoms with E-state index in [4.69, 9.17) is 4.74 Å². The molecule has 0 aromatic heterocycles. The molecule has 2 aromatic carbocycles. The Kier molecular flexibility index (Phi) is 5.94. The zero-order valence-corrected chi connectivity index (χ0v) is 18.3. The second-order valence-corrected chi connectivity index (χ2v) is 8.21. The van der Waals surface area contributed by atoms with Crippen LogP contribution in [0.1, 0.15) is 34.0 Å². The summed E-state index contributed by atoms with van der Waals surface area (Å²) in [5.41, 5.74) is 5.68. The lowest BCUT2D eigenvalue weighted by Gasteiger charge is -2.35. The fourth-order valence-electron chi connectivity index (χ4n) is 4.43. The molecule has 160 valence electrons. The van der Waals surface area contributed by atoms with Gasteiger partial charge in [-0.15, -0.1) is 0 Å². The SMILES string of the molecule is COC(=O)C1=C(C)N(Cc2ccccc2)C=CC1CN1CCc2cc(C)ccc2C1=O. The van der Waals surface area contributed by atoms with Crippen LogP contribution in [0.4, 0.5) is 0 Å². The molecule has 0 bridgehead atoms. The molecule has 0 radical (unpaired) electrons. The minimum Gasteiger partial charge on any atom is -0.466 e. The Morgan fingerprint density at radius 2 is 1.90 bits per heavy atom. The van der Waals surface area contributed by atoms with Gasteiger partial charge in [-0.3, -0.25) is 4.79 Å². The van der Waals surface area contributed by atoms with Crippen LogP contribution in [-0.4, -0.2) is 41.9 Å². The molecule has 0 saturated heterocycles. The largest absolute Gasteiger partial charge is 0.466 e. The summed E-state index contributed by atoms with van der Waals surface area (Å²) in [4.78, 5) is 29.7. The average Bonchev–Trinajstić information content (AvgIpc) is 2.78. The normalized spacial score (nSPS) is 18.3. The smallest absolute Gasteiger partial charge is 0.336 e. The molecule has 2 aliphatic heterocycles. The molecule has 0 saturated carbocycles. The maximum Gasteiger partial charge on any atom is 0.336 e. The van der Waals surface area contributed by atoms with E-state index in [1.807, 2.05) is 61.4 Å². The molecule has 2 heterocycles. The monoisotopic (exact) mass is 416 g/mol. The first-order valence-electron chi connectivity index (χ1n) is 10.6. The third-order valence-corrected chi connectivity index (χ3v) is 6.14. The number of nitrogens with zero attached hydrogens (tertiary/aromatic N) is 2. The van der Waals surface area contributed by atoms with Crippen molar-refractivity contribution in [3.05, 3.63) is 94.3 Å². The summed E-state index contributed by atoms with van der Waals surface area (Å²) in [5, 5.41) is 0. The Bertz CT molecular complexity index is 1060. The van der Waals surface area contributed by atoms with Crippen molar-refractivity contribution in [1.82, 2.24) is 9.80 Å². The number of amides is 1. The topological polar surface area (TPSA) is 49.9 Å². The van der Waals surface area contributed by atoms with Crippen molar-refractivity contribution in [3.63, 3.8) is 0 Å². The molecule has 5 nitrogen and oxygen atoms in total. The van der Waals surface area contributed by atoms with Crippen molar-refractivity contribution in [3.8, 4) is 0 Å². The van der Waals surface area contributed by atoms with Gasteiger partial charge < -0.3 is 14.5 Å². The fourth-order valence-corrected chi connectivity index (χ4v) is 4.43. The van der Waals surface area contributed by atoms with Crippen molar-refractivity contribution in [1.29, 1.82) is 0 Å². The van der Waals surface area contributed by atoms with Crippen molar-refractivity contribution >= 4 is 11.9 Å². The van der Waals surface area contributed by atoms with E-state index < -0.39 is 0 Å². The van der Waals surface area contributed by atoms with E-state index in [0.29, 0.717) is 25.2 Å². The average molecular weight is 417 g/mol. The van der Waals surface area contributed by atoms with Gasteiger partial charge in [0.25, 0.3) is 5.91 Å². The molecule has 0 aliphatic carbocycles. The molecule has 4 rings (SSSR count). The Morgan fingerprint density at radius 1 is 1.13 bits per heavy atom. The number of hydrogen-bond acceptors (Lipinski definition) is 4. The van der Waals surface area contributed by atoms with E-state index in [9.17, 15) is 9.59 Å². The van der Waals surface area contributed by atoms with Crippen LogP contribution in [0, 0.1) is 12.8 Å². The van der Waals surface area contributed by atoms with Crippen LogP contribution in [0.3, 0.4) is 0 Å². The predicted octanol–water partition coefficient (Wildman–Crippen LogP) is 4.09. The van der Waals surface area contributed by atoms with Gasteiger partial charge in [-0.25, -0.2) is 4.79 Å². The highest BCUT2D eigenvalue weighted by Gasteiger charge is 2.32. The second kappa shape index (κ2) is 8.80. The van der Waals surface area contributed by atoms with Crippen molar-refractivity contribution in [2.75, 3.05) is 20.2 Å². The molecule has 1 atom stereocenters. The van der Waals surface area contributed by atoms with E-state index in [1.165, 1.54) is 12.7 Å². The molecular weight excluding hydrogens is 388 g/mol. The Morgan fingerprint density at radius 3 is 2.65 bits per heavy atom. The standard InChI is InChI=1S/C26H28N2O3/c1-18-9-10-23-21(15-18)11-14-28(25(23)29)17-22-12-13-27(16-20-7-5-4-6-8-20)19(2)24(22)26(30)31-3/h4-10,12-13,15,22H,11,14,16-17H2,1-3H3. The minimum absolute atomic E-state index is 0.0308. The lowest BCUT2D eigenvalue weighted by molar-refractivity contribution is -0.136. The van der Waals surface area contributed by atoms with Gasteiger partial charge in [0, 0.05) is 43.0 Å². The Labute approximate surface area is 183 Å². The molecule has 1 amide bonds. The Balaban J connectivity index is 1.57. The summed E-state index contributed by atoms with van der Waals surface area (Å²) in [5.74, 6) is -0.510. The van der Waals surface area contributed by atoms with E-state index in [1.54, 1.807) is 0 Å². The summed E-state index contributed by atoms with van der Waals surface area (Å²) < 4.78 is 5.11. The Hall–Kier alpha value is -3.34. The number of benzene rings is 2. The molecule has 0 N–H and O–H groups in total. The summed E-state index contributed by atoms with van der Waals surface area (Å²) in [6.07, 6.45) is 4.86. The van der Waals surface area contributed by atoms with E-state index in [2.05, 4.69) is 23.1 Å². The van der Waals surface area contributed by atoms with Crippen LogP contribution in [0.25, 0.3) is 0 Å². The van der Waals surface area contributed by atoms with Gasteiger partial charge >= 0.3 is 5.97 Å². The third kappa shape index (κ3) is 4.26. The van der Waals surface area contributed by atoms with Gasteiger partial charge in [-0.2, -0.15) is 0 Å². The third-order valence-electron chi connectivity index (χ3n) is 6.14. The highest BCUT2D eigenvalue weighted by atomic mass is 16.5. The lowest BCUT2D eigenvalue weighted by atomic mass is 9.91. The molecule has 31 heavy (non-hydrogen) atoms. The number of carbonyl (C=O) groups is 2. The lowest BCUT2D eigenvalue weighted by Crippen LogP contribution is -2.42. The first-order valence-corrected chi connectivity index (χ1v) is 10.6. The fraction of sp³-hybridized carbons (Fsp3) is 0.308. The number of allylic oxidation sites excluding steroid dienone is 1. The van der Waals surface area contributed by atoms with Gasteiger partial charge in [0.2, 0.25) is 0 Å². The van der Waals surface area contributed by atoms with Gasteiger partial charge in [0.05, 0.1) is 12.7 Å². The predicted molar refractivity (Wildman–Crippen MR) is 120 cm³/mol. The number of rotatable bonds is 5. The van der Waals surface area contributed by atoms with E-state index in [0.717, 1.165) is 28.8 Å². The maximum atomic E-state index is 13.1. The molecule has 1 unspecified atom stereocenters. The quantitative estimate of drug-likeness (QED) is 0.689. The molecule has 0 fully saturated rings. The number of aryl methyl sites for hydroxylation is 1. The van der Waals surface area contributed by atoms with Crippen LogP contribution < -0.4 is 0 Å². The number of ether oxygens (including phenoxy) is 1. The van der Waals surface area contributed by atoms with Crippen LogP contribution >= 0.6 is 0 Å². The van der Waals surface area contributed by atoms with Crippen molar-refractivity contribution < 1.29 is 14.3 Å². The van der Waals surface area contributed by atoms with Crippen LogP contribution in [0.5, 0.6) is 0 Å². The van der Waals surface area contributed by atoms with Crippen LogP contribution in [-0.2, 0) is 22.5 Å². The summed E-state index contributed by atoms with van der Waals surface area (Å²) in [7, 11) is 1.41. The first kappa shape index (κ1) is 20.9. The van der Waals surface area contributed by atoms with Gasteiger partial charge in [-0.1, -0.05) is 54.1 Å². The van der Waals surface area contributed by atoms with Crippen molar-refractivity contribution in [2.45, 2.75) is 26.8 Å². The molecule has 5 heteroatoms. The van der Waals surface area contributed by atoms with Crippen LogP contribution in [0.2, 0.25) is 0 Å². The maximum absolute atomic E-state index is 13.1. The zero-order chi connectivity index (χ0) is 22.0. The van der Waals surface area contributed by atoms with Gasteiger partial charge in [0.15, 0.2) is 0 Å². The zero-order valence-electron chi connectivity index (χ0n) is 18.3. The van der Waals surface area contributed by atoms with E-state index in [-0.39, 0.29) is 17.8 Å². The number of methoxy groups -OCH3 is 1. The molecule has 0 spiro atoms. The first-order chi connectivity index (χ1) is 15.0. The minimum atomic E-state index is -0.342. The summed E-state index contributed by atoms with van der Waals surface area (Å²) >= 11 is 0. The van der Waals surface area contributed by atoms with Crippen molar-refractivity contribution in [2.24, 2.45) is 5.92 Å². The molecular formula is C26H28N2O3. The molecule has 2 aromatic rings. The summed E-state index contributed by atoms with van der Waals surface area (Å²) in [6.45, 7) is 5.78. The molecule has 2 aliphatic rings. The highest BCUT2D eigenvalue weighted by Crippen LogP contribution is 2.30. The second-order valence-electron chi connectivity index (χ2n) is 8.21. The number of carbonyl (C=O) groups excluding carboxylic acids is 2. The number of esters is 1. The van der Waals surface area contributed by atoms with Crippen LogP contribution in [0.15, 0.2) is 72.1 Å². The van der Waals surface area contributed by atoms with Gasteiger partial charge in [-0.05, 0) is 37.5 Å². The van der Waals surface area contributed by atoms with E-state index >= 15 is 0 Å². The number of fused-ring (bicyclic) bond motifs is 1. The highest BCUT2D eigenvalue weighted by molar-refractivity contribution is 5.97. The summed E-state index contributed by atoms with van der Waals surface area (Å²) in [6, 6.07) is 16.1. The van der Waals surface area contributed by atoms with Gasteiger partial charge in [0.1, 0.15) is 0 Å².